The van der Waals surface area contributed by atoms with Gasteiger partial charge in [0, 0.05) is 38.2 Å². The van der Waals surface area contributed by atoms with Crippen LogP contribution in [-0.4, -0.2) is 16.2 Å². The van der Waals surface area contributed by atoms with E-state index in [4.69, 9.17) is 14.4 Å². The van der Waals surface area contributed by atoms with Crippen LogP contribution in [0, 0.1) is 0 Å². The SMILES string of the molecule is c1ccc(C2=NC(c3cc4oc5c(-n6c7ccccc7c7cc8ccccc8cc76)cccc5c4c4ccccc34)N=C(c3ccccc3)N2)cc1. The topological polar surface area (TPSA) is 54.8 Å². The summed E-state index contributed by atoms with van der Waals surface area (Å²) >= 11 is 0. The second kappa shape index (κ2) is 11.3. The number of hydrogen-bond acceptors (Lipinski definition) is 4. The van der Waals surface area contributed by atoms with Gasteiger partial charge in [-0.15, -0.1) is 0 Å². The zero-order chi connectivity index (χ0) is 34.2. The third kappa shape index (κ3) is 4.36. The lowest BCUT2D eigenvalue weighted by Crippen LogP contribution is -2.36. The van der Waals surface area contributed by atoms with E-state index in [1.54, 1.807) is 0 Å². The van der Waals surface area contributed by atoms with Crippen LogP contribution in [-0.2, 0) is 0 Å². The first kappa shape index (κ1) is 28.8. The number of rotatable bonds is 4. The maximum absolute atomic E-state index is 7.02. The number of nitrogens with zero attached hydrogens (tertiary/aromatic N) is 3. The Morgan fingerprint density at radius 2 is 1.08 bits per heavy atom. The first-order chi connectivity index (χ1) is 25.8. The Bertz CT molecular complexity index is 3040. The Hall–Kier alpha value is -6.98. The third-order valence-electron chi connectivity index (χ3n) is 10.4. The molecule has 1 N–H and O–H groups in total. The van der Waals surface area contributed by atoms with Gasteiger partial charge in [0.2, 0.25) is 0 Å². The van der Waals surface area contributed by atoms with Gasteiger partial charge in [0.15, 0.2) is 11.7 Å². The third-order valence-corrected chi connectivity index (χ3v) is 10.4. The largest absolute Gasteiger partial charge is 0.454 e. The van der Waals surface area contributed by atoms with Gasteiger partial charge in [-0.1, -0.05) is 140 Å². The number of hydrogen-bond donors (Lipinski definition) is 1. The van der Waals surface area contributed by atoms with Crippen LogP contribution in [0.25, 0.3) is 71.0 Å². The molecule has 0 aliphatic carbocycles. The van der Waals surface area contributed by atoms with Crippen molar-refractivity contribution in [2.45, 2.75) is 6.17 Å². The molecule has 2 aromatic heterocycles. The number of furan rings is 1. The van der Waals surface area contributed by atoms with Crippen molar-refractivity contribution in [2.24, 2.45) is 9.98 Å². The van der Waals surface area contributed by atoms with Gasteiger partial charge in [-0.3, -0.25) is 0 Å². The van der Waals surface area contributed by atoms with Crippen LogP contribution in [0.2, 0.25) is 0 Å². The average Bonchev–Trinajstić information content (AvgIpc) is 3.76. The summed E-state index contributed by atoms with van der Waals surface area (Å²) in [6.45, 7) is 0. The number of nitrogens with one attached hydrogen (secondary N) is 1. The summed E-state index contributed by atoms with van der Waals surface area (Å²) in [6.07, 6.45) is -0.487. The smallest absolute Gasteiger partial charge is 0.170 e. The van der Waals surface area contributed by atoms with Gasteiger partial charge in [-0.2, -0.15) is 0 Å². The van der Waals surface area contributed by atoms with E-state index in [2.05, 4.69) is 143 Å². The van der Waals surface area contributed by atoms with Crippen molar-refractivity contribution in [1.29, 1.82) is 0 Å². The van der Waals surface area contributed by atoms with Crippen LogP contribution in [0.15, 0.2) is 184 Å². The first-order valence-corrected chi connectivity index (χ1v) is 17.6. The minimum Gasteiger partial charge on any atom is -0.454 e. The summed E-state index contributed by atoms with van der Waals surface area (Å²) in [5.41, 5.74) is 7.98. The minimum absolute atomic E-state index is 0.487. The van der Waals surface area contributed by atoms with E-state index < -0.39 is 6.17 Å². The Morgan fingerprint density at radius 3 is 1.81 bits per heavy atom. The van der Waals surface area contributed by atoms with Crippen molar-refractivity contribution < 1.29 is 4.42 Å². The van der Waals surface area contributed by atoms with Crippen molar-refractivity contribution >= 4 is 77.0 Å². The van der Waals surface area contributed by atoms with Crippen molar-refractivity contribution in [3.8, 4) is 5.69 Å². The van der Waals surface area contributed by atoms with E-state index in [0.717, 1.165) is 77.8 Å². The first-order valence-electron chi connectivity index (χ1n) is 17.6. The lowest BCUT2D eigenvalue weighted by molar-refractivity contribution is 0.664. The molecule has 0 saturated carbocycles. The molecular weight excluding hydrogens is 637 g/mol. The highest BCUT2D eigenvalue weighted by molar-refractivity contribution is 6.22. The Morgan fingerprint density at radius 1 is 0.481 bits per heavy atom. The van der Waals surface area contributed by atoms with Gasteiger partial charge >= 0.3 is 0 Å². The Labute approximate surface area is 298 Å². The molecule has 5 nitrogen and oxygen atoms in total. The zero-order valence-corrected chi connectivity index (χ0v) is 28.0. The van der Waals surface area contributed by atoms with Crippen LogP contribution in [0.5, 0.6) is 0 Å². The summed E-state index contributed by atoms with van der Waals surface area (Å²) < 4.78 is 9.39. The minimum atomic E-state index is -0.487. The normalized spacial score (nSPS) is 13.7. The molecule has 52 heavy (non-hydrogen) atoms. The van der Waals surface area contributed by atoms with E-state index in [-0.39, 0.29) is 0 Å². The van der Waals surface area contributed by atoms with Crippen LogP contribution in [0.4, 0.5) is 0 Å². The monoisotopic (exact) mass is 666 g/mol. The summed E-state index contributed by atoms with van der Waals surface area (Å²) in [5.74, 6) is 1.57. The fourth-order valence-corrected chi connectivity index (χ4v) is 8.05. The molecule has 1 aliphatic heterocycles. The molecule has 0 fully saturated rings. The van der Waals surface area contributed by atoms with E-state index in [0.29, 0.717) is 0 Å². The number of benzene rings is 8. The molecule has 0 radical (unpaired) electrons. The second-order valence-electron chi connectivity index (χ2n) is 13.4. The summed E-state index contributed by atoms with van der Waals surface area (Å²) in [4.78, 5) is 10.5. The van der Waals surface area contributed by atoms with Gasteiger partial charge in [-0.25, -0.2) is 9.98 Å². The molecule has 0 unspecified atom stereocenters. The quantitative estimate of drug-likeness (QED) is 0.203. The number of fused-ring (bicyclic) bond motifs is 9. The lowest BCUT2D eigenvalue weighted by Gasteiger charge is -2.23. The predicted octanol–water partition coefficient (Wildman–Crippen LogP) is 11.5. The number of aromatic nitrogens is 1. The van der Waals surface area contributed by atoms with Crippen molar-refractivity contribution in [1.82, 2.24) is 9.88 Å². The molecule has 5 heteroatoms. The molecule has 3 heterocycles. The van der Waals surface area contributed by atoms with Crippen LogP contribution >= 0.6 is 0 Å². The Balaban J connectivity index is 1.18. The van der Waals surface area contributed by atoms with E-state index >= 15 is 0 Å². The maximum Gasteiger partial charge on any atom is 0.170 e. The lowest BCUT2D eigenvalue weighted by atomic mass is 9.97. The molecule has 244 valence electrons. The zero-order valence-electron chi connectivity index (χ0n) is 28.0. The van der Waals surface area contributed by atoms with Crippen molar-refractivity contribution in [2.75, 3.05) is 0 Å². The molecule has 1 aliphatic rings. The summed E-state index contributed by atoms with van der Waals surface area (Å²) in [7, 11) is 0. The number of para-hydroxylation sites is 2. The molecule has 0 saturated heterocycles. The van der Waals surface area contributed by atoms with Gasteiger partial charge < -0.3 is 14.3 Å². The highest BCUT2D eigenvalue weighted by Crippen LogP contribution is 2.43. The maximum atomic E-state index is 7.02. The highest BCUT2D eigenvalue weighted by Gasteiger charge is 2.25. The molecular formula is C47H30N4O. The molecule has 8 aromatic carbocycles. The van der Waals surface area contributed by atoms with Gasteiger partial charge in [0.25, 0.3) is 0 Å². The van der Waals surface area contributed by atoms with Crippen LogP contribution < -0.4 is 5.32 Å². The van der Waals surface area contributed by atoms with Gasteiger partial charge in [0.05, 0.1) is 16.7 Å². The van der Waals surface area contributed by atoms with Crippen LogP contribution in [0.3, 0.4) is 0 Å². The molecule has 0 amide bonds. The molecule has 0 bridgehead atoms. The van der Waals surface area contributed by atoms with Gasteiger partial charge in [0.1, 0.15) is 17.3 Å². The standard InChI is InChI=1S/C47H30N4O/c1-3-14-29(15-4-1)45-48-46(30-16-5-2-6-17-30)50-47(49-45)38-28-42-43(35-22-10-9-20-33(35)38)36-23-13-25-40(44(36)52-42)51-39-24-12-11-21-34(39)37-26-31-18-7-8-19-32(31)27-41(37)51/h1-28,47H,(H,48,49,50). The fourth-order valence-electron chi connectivity index (χ4n) is 8.05. The number of amidine groups is 2. The predicted molar refractivity (Wildman–Crippen MR) is 215 cm³/mol. The summed E-state index contributed by atoms with van der Waals surface area (Å²) in [5, 5.41) is 12.8. The second-order valence-corrected chi connectivity index (χ2v) is 13.4. The van der Waals surface area contributed by atoms with Crippen LogP contribution in [0.1, 0.15) is 22.9 Å². The van der Waals surface area contributed by atoms with E-state index in [1.165, 1.54) is 21.5 Å². The molecule has 11 rings (SSSR count). The summed E-state index contributed by atoms with van der Waals surface area (Å²) in [6, 6.07) is 59.6. The van der Waals surface area contributed by atoms with Crippen molar-refractivity contribution in [3.05, 3.63) is 187 Å². The van der Waals surface area contributed by atoms with E-state index in [1.807, 2.05) is 36.4 Å². The molecule has 0 atom stereocenters. The van der Waals surface area contributed by atoms with Crippen molar-refractivity contribution in [3.63, 3.8) is 0 Å². The molecule has 10 aromatic rings. The van der Waals surface area contributed by atoms with Gasteiger partial charge in [-0.05, 0) is 51.9 Å². The fraction of sp³-hybridized carbons (Fsp3) is 0.0213. The highest BCUT2D eigenvalue weighted by atomic mass is 16.3. The van der Waals surface area contributed by atoms with E-state index in [9.17, 15) is 0 Å². The number of aliphatic imine (C=N–C) groups is 2. The molecule has 0 spiro atoms. The average molecular weight is 667 g/mol. The Kier molecular flexibility index (Phi) is 6.25.